The van der Waals surface area contributed by atoms with Crippen LogP contribution in [0.2, 0.25) is 0 Å². The van der Waals surface area contributed by atoms with Crippen LogP contribution in [0.3, 0.4) is 0 Å². The van der Waals surface area contributed by atoms with E-state index in [1.54, 1.807) is 42.3 Å². The highest BCUT2D eigenvalue weighted by Crippen LogP contribution is 2.43. The number of Topliss-reactive ketones (excluding diaryl/α,β-unsaturated/α-hetero) is 1. The molecule has 1 amide bonds. The molecule has 1 unspecified atom stereocenters. The van der Waals surface area contributed by atoms with Crippen LogP contribution in [0.25, 0.3) is 5.76 Å². The van der Waals surface area contributed by atoms with Crippen LogP contribution in [0.1, 0.15) is 17.2 Å². The monoisotopic (exact) mass is 425 g/mol. The third-order valence-corrected chi connectivity index (χ3v) is 5.54. The van der Waals surface area contributed by atoms with Crippen molar-refractivity contribution < 1.29 is 24.2 Å². The summed E-state index contributed by atoms with van der Waals surface area (Å²) in [5.74, 6) is -0.908. The van der Waals surface area contributed by atoms with Gasteiger partial charge in [-0.15, -0.1) is 10.2 Å². The number of carbonyl (C=O) groups is 2. The van der Waals surface area contributed by atoms with Crippen LogP contribution in [0.5, 0.6) is 11.5 Å². The minimum Gasteiger partial charge on any atom is -0.507 e. The van der Waals surface area contributed by atoms with E-state index in [4.69, 9.17) is 9.47 Å². The first-order valence-electron chi connectivity index (χ1n) is 9.00. The van der Waals surface area contributed by atoms with Gasteiger partial charge in [0.15, 0.2) is 11.5 Å². The van der Waals surface area contributed by atoms with Crippen molar-refractivity contribution in [2.24, 2.45) is 7.05 Å². The molecule has 30 heavy (non-hydrogen) atoms. The largest absolute Gasteiger partial charge is 0.507 e. The van der Waals surface area contributed by atoms with E-state index < -0.39 is 17.7 Å². The Kier molecular flexibility index (Phi) is 4.24. The second-order valence-electron chi connectivity index (χ2n) is 6.70. The van der Waals surface area contributed by atoms with Gasteiger partial charge in [0.05, 0.1) is 11.8 Å². The third-order valence-electron chi connectivity index (χ3n) is 4.86. The van der Waals surface area contributed by atoms with Gasteiger partial charge in [-0.25, -0.2) is 0 Å². The first-order chi connectivity index (χ1) is 14.5. The lowest BCUT2D eigenvalue weighted by Crippen LogP contribution is -2.29. The Hall–Kier alpha value is -3.73. The molecule has 3 aromatic rings. The Morgan fingerprint density at radius 2 is 2.03 bits per heavy atom. The molecule has 0 bridgehead atoms. The number of carbonyl (C=O) groups excluding carboxylic acids is 2. The summed E-state index contributed by atoms with van der Waals surface area (Å²) in [6.07, 6.45) is 3.23. The fourth-order valence-electron chi connectivity index (χ4n) is 3.54. The molecule has 2 aliphatic rings. The van der Waals surface area contributed by atoms with E-state index in [-0.39, 0.29) is 16.5 Å². The van der Waals surface area contributed by atoms with Gasteiger partial charge in [-0.3, -0.25) is 19.2 Å². The third kappa shape index (κ3) is 2.82. The fraction of sp³-hybridized carbons (Fsp3) is 0.211. The number of fused-ring (bicyclic) bond motifs is 1. The fourth-order valence-corrected chi connectivity index (χ4v) is 4.13. The number of aromatic nitrogens is 4. The van der Waals surface area contributed by atoms with Crippen LogP contribution in [0.15, 0.2) is 41.7 Å². The molecule has 0 saturated carbocycles. The molecule has 1 aromatic carbocycles. The van der Waals surface area contributed by atoms with Gasteiger partial charge in [-0.05, 0) is 18.2 Å². The van der Waals surface area contributed by atoms with Crippen molar-refractivity contribution in [3.63, 3.8) is 0 Å². The molecule has 0 aliphatic carbocycles. The Morgan fingerprint density at radius 1 is 1.23 bits per heavy atom. The van der Waals surface area contributed by atoms with Crippen molar-refractivity contribution in [3.8, 4) is 11.5 Å². The van der Waals surface area contributed by atoms with E-state index in [2.05, 4.69) is 15.3 Å². The molecular weight excluding hydrogens is 410 g/mol. The van der Waals surface area contributed by atoms with Crippen molar-refractivity contribution in [2.45, 2.75) is 6.04 Å². The lowest BCUT2D eigenvalue weighted by Gasteiger charge is -2.21. The quantitative estimate of drug-likeness (QED) is 0.382. The number of ketones is 1. The van der Waals surface area contributed by atoms with Gasteiger partial charge in [-0.1, -0.05) is 11.3 Å². The Balaban J connectivity index is 1.68. The smallest absolute Gasteiger partial charge is 0.301 e. The van der Waals surface area contributed by atoms with Crippen LogP contribution in [-0.4, -0.2) is 50.0 Å². The number of hydrogen-bond acceptors (Lipinski definition) is 9. The van der Waals surface area contributed by atoms with Gasteiger partial charge in [0.25, 0.3) is 5.78 Å². The average molecular weight is 425 g/mol. The van der Waals surface area contributed by atoms with Crippen molar-refractivity contribution in [1.82, 2.24) is 20.0 Å². The number of amides is 1. The molecule has 1 N–H and O–H groups in total. The second-order valence-corrected chi connectivity index (χ2v) is 7.51. The molecule has 11 heteroatoms. The Bertz CT molecular complexity index is 1190. The maximum atomic E-state index is 13.0. The van der Waals surface area contributed by atoms with Crippen LogP contribution in [0.4, 0.5) is 5.13 Å². The summed E-state index contributed by atoms with van der Waals surface area (Å²) in [6.45, 7) is 0.820. The number of ether oxygens (including phenoxy) is 2. The molecular formula is C19H15N5O5S. The molecule has 4 heterocycles. The van der Waals surface area contributed by atoms with Gasteiger partial charge >= 0.3 is 5.91 Å². The molecule has 2 aliphatic heterocycles. The second kappa shape index (κ2) is 6.95. The molecule has 1 fully saturated rings. The highest BCUT2D eigenvalue weighted by Gasteiger charge is 2.48. The van der Waals surface area contributed by atoms with Crippen LogP contribution in [-0.2, 0) is 16.6 Å². The Morgan fingerprint density at radius 3 is 2.73 bits per heavy atom. The van der Waals surface area contributed by atoms with E-state index >= 15 is 0 Å². The summed E-state index contributed by atoms with van der Waals surface area (Å²) in [4.78, 5) is 27.1. The molecule has 1 saturated heterocycles. The minimum absolute atomic E-state index is 0.0557. The maximum absolute atomic E-state index is 13.0. The predicted molar refractivity (Wildman–Crippen MR) is 105 cm³/mol. The topological polar surface area (TPSA) is 120 Å². The lowest BCUT2D eigenvalue weighted by molar-refractivity contribution is -0.132. The average Bonchev–Trinajstić information content (AvgIpc) is 3.48. The number of aryl methyl sites for hydroxylation is 1. The SMILES string of the molecule is Cn1cc(C2/C(=C(\O)c3ccc4c(c3)OCCO4)C(=O)C(=O)N2c2nncs2)cn1. The summed E-state index contributed by atoms with van der Waals surface area (Å²) in [7, 11) is 1.72. The predicted octanol–water partition coefficient (Wildman–Crippen LogP) is 1.67. The number of aliphatic hydroxyl groups excluding tert-OH is 1. The molecule has 0 spiro atoms. The molecule has 152 valence electrons. The summed E-state index contributed by atoms with van der Waals surface area (Å²) >= 11 is 1.12. The van der Waals surface area contributed by atoms with Crippen molar-refractivity contribution in [2.75, 3.05) is 18.1 Å². The van der Waals surface area contributed by atoms with E-state index in [1.165, 1.54) is 10.4 Å². The maximum Gasteiger partial charge on any atom is 0.301 e. The number of aliphatic hydroxyl groups is 1. The van der Waals surface area contributed by atoms with Gasteiger partial charge < -0.3 is 14.6 Å². The van der Waals surface area contributed by atoms with Crippen molar-refractivity contribution >= 4 is 33.9 Å². The number of hydrogen-bond donors (Lipinski definition) is 1. The molecule has 5 rings (SSSR count). The number of anilines is 1. The molecule has 2 aromatic heterocycles. The Labute approximate surface area is 174 Å². The molecule has 10 nitrogen and oxygen atoms in total. The zero-order chi connectivity index (χ0) is 20.8. The number of rotatable bonds is 3. The normalized spacial score (nSPS) is 20.0. The van der Waals surface area contributed by atoms with Crippen LogP contribution in [0, 0.1) is 0 Å². The van der Waals surface area contributed by atoms with Crippen LogP contribution < -0.4 is 14.4 Å². The summed E-state index contributed by atoms with van der Waals surface area (Å²) in [6, 6.07) is 3.97. The van der Waals surface area contributed by atoms with E-state index in [1.807, 2.05) is 0 Å². The zero-order valence-corrected chi connectivity index (χ0v) is 16.5. The van der Waals surface area contributed by atoms with Gasteiger partial charge in [0.2, 0.25) is 5.13 Å². The van der Waals surface area contributed by atoms with Gasteiger partial charge in [0.1, 0.15) is 30.5 Å². The minimum atomic E-state index is -0.889. The zero-order valence-electron chi connectivity index (χ0n) is 15.7. The van der Waals surface area contributed by atoms with E-state index in [0.717, 1.165) is 11.3 Å². The van der Waals surface area contributed by atoms with Gasteiger partial charge in [-0.2, -0.15) is 5.10 Å². The first kappa shape index (κ1) is 18.3. The highest BCUT2D eigenvalue weighted by atomic mass is 32.1. The van der Waals surface area contributed by atoms with Crippen molar-refractivity contribution in [1.29, 1.82) is 0 Å². The summed E-state index contributed by atoms with van der Waals surface area (Å²) in [5.41, 5.74) is 2.31. The standard InChI is InChI=1S/C19H15N5O5S/c1-23-8-11(7-21-23)15-14(17(26)18(27)24(15)19-22-20-9-30-19)16(25)10-2-3-12-13(6-10)29-5-4-28-12/h2-3,6-9,15,25H,4-5H2,1H3/b16-14+. The molecule has 0 radical (unpaired) electrons. The highest BCUT2D eigenvalue weighted by molar-refractivity contribution is 7.13. The van der Waals surface area contributed by atoms with Crippen molar-refractivity contribution in [3.05, 3.63) is 52.8 Å². The lowest BCUT2D eigenvalue weighted by atomic mass is 9.97. The first-order valence-corrected chi connectivity index (χ1v) is 9.88. The molecule has 1 atom stereocenters. The number of nitrogens with zero attached hydrogens (tertiary/aromatic N) is 5. The summed E-state index contributed by atoms with van der Waals surface area (Å²) < 4.78 is 12.6. The van der Waals surface area contributed by atoms with Crippen LogP contribution >= 0.6 is 11.3 Å². The van der Waals surface area contributed by atoms with Gasteiger partial charge in [0, 0.05) is 24.4 Å². The van der Waals surface area contributed by atoms with E-state index in [0.29, 0.717) is 35.8 Å². The van der Waals surface area contributed by atoms with E-state index in [9.17, 15) is 14.7 Å². The number of benzene rings is 1. The summed E-state index contributed by atoms with van der Waals surface area (Å²) in [5, 5.41) is 23.2.